The summed E-state index contributed by atoms with van der Waals surface area (Å²) in [6, 6.07) is 4.12. The summed E-state index contributed by atoms with van der Waals surface area (Å²) in [5.74, 6) is -0.858. The smallest absolute Gasteiger partial charge is 0.334 e. The molecule has 0 aliphatic rings. The molecule has 8 heteroatoms. The lowest BCUT2D eigenvalue weighted by Gasteiger charge is -2.10. The van der Waals surface area contributed by atoms with E-state index in [4.69, 9.17) is 9.84 Å². The van der Waals surface area contributed by atoms with Gasteiger partial charge in [-0.05, 0) is 0 Å². The highest BCUT2D eigenvalue weighted by Gasteiger charge is 2.17. The summed E-state index contributed by atoms with van der Waals surface area (Å²) in [6.45, 7) is 0. The van der Waals surface area contributed by atoms with Crippen LogP contribution < -0.4 is 10.3 Å². The number of hydrogen-bond donors (Lipinski definition) is 2. The normalized spacial score (nSPS) is 10.4. The molecule has 0 radical (unpaired) electrons. The highest BCUT2D eigenvalue weighted by Crippen LogP contribution is 2.29. The number of pyridine rings is 1. The lowest BCUT2D eigenvalue weighted by atomic mass is 10.1. The van der Waals surface area contributed by atoms with E-state index in [0.29, 0.717) is 10.9 Å². The number of H-pyrrole nitrogens is 1. The average molecular weight is 278 g/mol. The van der Waals surface area contributed by atoms with Gasteiger partial charge in [-0.1, -0.05) is 12.1 Å². The number of nitrogens with one attached hydrogen (secondary N) is 1. The number of carboxylic acid groups (broad SMARTS) is 1. The van der Waals surface area contributed by atoms with E-state index in [1.807, 2.05) is 0 Å². The van der Waals surface area contributed by atoms with Crippen LogP contribution in [0.5, 0.6) is 5.75 Å². The molecule has 1 heterocycles. The third-order valence-electron chi connectivity index (χ3n) is 2.78. The molecule has 0 spiro atoms. The minimum absolute atomic E-state index is 0.192. The van der Waals surface area contributed by atoms with Crippen molar-refractivity contribution < 1.29 is 19.6 Å². The molecule has 1 aromatic heterocycles. The Morgan fingerprint density at radius 3 is 2.75 bits per heavy atom. The van der Waals surface area contributed by atoms with Crippen molar-refractivity contribution in [3.63, 3.8) is 0 Å². The van der Waals surface area contributed by atoms with Crippen LogP contribution in [0.1, 0.15) is 5.56 Å². The van der Waals surface area contributed by atoms with Crippen LogP contribution in [0.25, 0.3) is 10.9 Å². The zero-order valence-corrected chi connectivity index (χ0v) is 10.4. The van der Waals surface area contributed by atoms with Crippen molar-refractivity contribution in [1.29, 1.82) is 0 Å². The zero-order chi connectivity index (χ0) is 14.9. The van der Waals surface area contributed by atoms with Crippen molar-refractivity contribution in [1.82, 2.24) is 4.98 Å². The van der Waals surface area contributed by atoms with Gasteiger partial charge < -0.3 is 14.8 Å². The first kappa shape index (κ1) is 13.5. The lowest BCUT2D eigenvalue weighted by Crippen LogP contribution is -2.12. The second-order valence-electron chi connectivity index (χ2n) is 4.03. The predicted molar refractivity (Wildman–Crippen MR) is 69.1 cm³/mol. The van der Waals surface area contributed by atoms with Crippen molar-refractivity contribution in [2.45, 2.75) is 6.42 Å². The molecule has 0 saturated heterocycles. The Bertz CT molecular complexity index is 764. The molecule has 8 nitrogen and oxygen atoms in total. The van der Waals surface area contributed by atoms with E-state index in [9.17, 15) is 19.7 Å². The van der Waals surface area contributed by atoms with Gasteiger partial charge in [-0.2, -0.15) is 0 Å². The summed E-state index contributed by atoms with van der Waals surface area (Å²) >= 11 is 0. The number of nitro groups is 1. The number of benzene rings is 1. The highest BCUT2D eigenvalue weighted by molar-refractivity contribution is 5.88. The molecule has 0 aliphatic carbocycles. The molecule has 2 aromatic rings. The van der Waals surface area contributed by atoms with Crippen LogP contribution in [0.2, 0.25) is 0 Å². The SMILES string of the molecule is COc1c(CC(=O)O)ccc2cc([N+](=O)[O-])c(=O)[nH]c12. The van der Waals surface area contributed by atoms with E-state index >= 15 is 0 Å². The fourth-order valence-corrected chi connectivity index (χ4v) is 1.95. The molecule has 2 rings (SSSR count). The Balaban J connectivity index is 2.75. The van der Waals surface area contributed by atoms with Crippen molar-refractivity contribution in [3.8, 4) is 5.75 Å². The predicted octanol–water partition coefficient (Wildman–Crippen LogP) is 1.07. The molecule has 0 bridgehead atoms. The van der Waals surface area contributed by atoms with E-state index in [-0.39, 0.29) is 17.7 Å². The van der Waals surface area contributed by atoms with Crippen LogP contribution in [0.15, 0.2) is 23.0 Å². The van der Waals surface area contributed by atoms with E-state index in [0.717, 1.165) is 6.07 Å². The molecule has 0 atom stereocenters. The van der Waals surface area contributed by atoms with Gasteiger partial charge in [0.25, 0.3) is 0 Å². The fraction of sp³-hybridized carbons (Fsp3) is 0.167. The average Bonchev–Trinajstić information content (AvgIpc) is 2.36. The fourth-order valence-electron chi connectivity index (χ4n) is 1.95. The number of rotatable bonds is 4. The molecule has 0 amide bonds. The molecule has 0 fully saturated rings. The largest absolute Gasteiger partial charge is 0.494 e. The number of aromatic nitrogens is 1. The van der Waals surface area contributed by atoms with E-state index in [1.165, 1.54) is 19.2 Å². The zero-order valence-electron chi connectivity index (χ0n) is 10.4. The quantitative estimate of drug-likeness (QED) is 0.637. The minimum atomic E-state index is -1.05. The number of carboxylic acids is 1. The number of fused-ring (bicyclic) bond motifs is 1. The summed E-state index contributed by atoms with van der Waals surface area (Å²) in [5, 5.41) is 19.9. The number of ether oxygens (including phenoxy) is 1. The first-order chi connectivity index (χ1) is 9.43. The summed E-state index contributed by atoms with van der Waals surface area (Å²) in [5.41, 5.74) is -0.835. The van der Waals surface area contributed by atoms with Gasteiger partial charge in [0.05, 0.1) is 24.0 Å². The topological polar surface area (TPSA) is 123 Å². The monoisotopic (exact) mass is 278 g/mol. The highest BCUT2D eigenvalue weighted by atomic mass is 16.6. The molecular weight excluding hydrogens is 268 g/mol. The summed E-state index contributed by atoms with van der Waals surface area (Å²) in [6.07, 6.45) is -0.280. The van der Waals surface area contributed by atoms with Gasteiger partial charge in [0.1, 0.15) is 5.75 Å². The van der Waals surface area contributed by atoms with Gasteiger partial charge in [0.2, 0.25) is 0 Å². The second-order valence-corrected chi connectivity index (χ2v) is 4.03. The van der Waals surface area contributed by atoms with Crippen molar-refractivity contribution in [2.75, 3.05) is 7.11 Å². The van der Waals surface area contributed by atoms with Crippen LogP contribution in [0.3, 0.4) is 0 Å². The van der Waals surface area contributed by atoms with Gasteiger partial charge >= 0.3 is 17.2 Å². The third-order valence-corrected chi connectivity index (χ3v) is 2.78. The molecule has 104 valence electrons. The van der Waals surface area contributed by atoms with Crippen LogP contribution in [-0.2, 0) is 11.2 Å². The van der Waals surface area contributed by atoms with Gasteiger partial charge in [0.15, 0.2) is 0 Å². The Morgan fingerprint density at radius 1 is 1.50 bits per heavy atom. The molecule has 0 aliphatic heterocycles. The van der Waals surface area contributed by atoms with Crippen LogP contribution in [0, 0.1) is 10.1 Å². The van der Waals surface area contributed by atoms with E-state index < -0.39 is 22.1 Å². The lowest BCUT2D eigenvalue weighted by molar-refractivity contribution is -0.386. The standard InChI is InChI=1S/C12H10N2O6/c1-20-11-7(5-9(15)16)3-2-6-4-8(14(18)19)12(17)13-10(6)11/h2-4H,5H2,1H3,(H,13,17)(H,15,16). The first-order valence-electron chi connectivity index (χ1n) is 5.53. The number of nitrogens with zero attached hydrogens (tertiary/aromatic N) is 1. The number of hydrogen-bond acceptors (Lipinski definition) is 5. The maximum Gasteiger partial charge on any atom is 0.334 e. The third kappa shape index (κ3) is 2.30. The number of aliphatic carboxylic acids is 1. The van der Waals surface area contributed by atoms with Gasteiger partial charge in [0, 0.05) is 17.0 Å². The van der Waals surface area contributed by atoms with Crippen LogP contribution in [-0.4, -0.2) is 28.1 Å². The van der Waals surface area contributed by atoms with Crippen LogP contribution >= 0.6 is 0 Å². The van der Waals surface area contributed by atoms with Crippen molar-refractivity contribution in [3.05, 3.63) is 44.2 Å². The maximum atomic E-state index is 11.6. The summed E-state index contributed by atoms with van der Waals surface area (Å²) < 4.78 is 5.11. The van der Waals surface area contributed by atoms with Crippen molar-refractivity contribution >= 4 is 22.6 Å². The maximum absolute atomic E-state index is 11.6. The number of carbonyl (C=O) groups is 1. The molecule has 2 N–H and O–H groups in total. The molecule has 1 aromatic carbocycles. The molecule has 20 heavy (non-hydrogen) atoms. The van der Waals surface area contributed by atoms with Gasteiger partial charge in [-0.3, -0.25) is 19.7 Å². The first-order valence-corrected chi connectivity index (χ1v) is 5.53. The minimum Gasteiger partial charge on any atom is -0.494 e. The molecular formula is C12H10N2O6. The number of methoxy groups -OCH3 is 1. The Morgan fingerprint density at radius 2 is 2.20 bits per heavy atom. The second kappa shape index (κ2) is 5.00. The van der Waals surface area contributed by atoms with E-state index in [1.54, 1.807) is 0 Å². The van der Waals surface area contributed by atoms with E-state index in [2.05, 4.69) is 4.98 Å². The summed E-state index contributed by atoms with van der Waals surface area (Å²) in [4.78, 5) is 34.7. The number of aromatic amines is 1. The van der Waals surface area contributed by atoms with Crippen molar-refractivity contribution in [2.24, 2.45) is 0 Å². The summed E-state index contributed by atoms with van der Waals surface area (Å²) in [7, 11) is 1.33. The Kier molecular flexibility index (Phi) is 3.38. The Labute approximate surface area is 111 Å². The Hall–Kier alpha value is -2.90. The molecule has 0 unspecified atom stereocenters. The molecule has 0 saturated carbocycles. The van der Waals surface area contributed by atoms with Crippen LogP contribution in [0.4, 0.5) is 5.69 Å². The van der Waals surface area contributed by atoms with Gasteiger partial charge in [-0.25, -0.2) is 0 Å². The van der Waals surface area contributed by atoms with Gasteiger partial charge in [-0.15, -0.1) is 0 Å².